The Bertz CT molecular complexity index is 429. The molecule has 0 saturated carbocycles. The molecule has 0 aliphatic rings. The van der Waals surface area contributed by atoms with Crippen molar-refractivity contribution in [2.24, 2.45) is 5.73 Å². The van der Waals surface area contributed by atoms with E-state index in [4.69, 9.17) is 10.8 Å². The van der Waals surface area contributed by atoms with E-state index >= 15 is 0 Å². The molecule has 76 valence electrons. The molecule has 1 aromatic rings. The molecule has 0 radical (unpaired) electrons. The van der Waals surface area contributed by atoms with Crippen molar-refractivity contribution in [3.05, 3.63) is 27.7 Å². The van der Waals surface area contributed by atoms with E-state index in [1.807, 2.05) is 0 Å². The molecule has 4 N–H and O–H groups in total. The largest absolute Gasteiger partial charge is 0.480 e. The average Bonchev–Trinajstić information content (AvgIpc) is 2.10. The summed E-state index contributed by atoms with van der Waals surface area (Å²) in [5, 5.41) is 8.54. The highest BCUT2D eigenvalue weighted by Gasteiger charge is 2.20. The molecule has 1 unspecified atom stereocenters. The van der Waals surface area contributed by atoms with Gasteiger partial charge in [0.1, 0.15) is 6.04 Å². The molecule has 0 fully saturated rings. The summed E-state index contributed by atoms with van der Waals surface area (Å²) in [6.45, 7) is 1.39. The molecule has 0 amide bonds. The van der Waals surface area contributed by atoms with Gasteiger partial charge in [-0.3, -0.25) is 9.59 Å². The highest BCUT2D eigenvalue weighted by Crippen LogP contribution is 2.09. The number of nitrogens with two attached hydrogens (primary N) is 1. The fraction of sp³-hybridized carbons (Fsp3) is 0.286. The molecule has 0 bridgehead atoms. The zero-order valence-electron chi connectivity index (χ0n) is 7.24. The molecule has 0 saturated heterocycles. The summed E-state index contributed by atoms with van der Waals surface area (Å²) in [7, 11) is 0. The molecule has 0 aromatic carbocycles. The summed E-state index contributed by atoms with van der Waals surface area (Å²) in [6.07, 6.45) is 0. The van der Waals surface area contributed by atoms with Gasteiger partial charge in [-0.05, 0) is 6.92 Å². The number of aromatic nitrogens is 2. The van der Waals surface area contributed by atoms with Crippen LogP contribution < -0.4 is 11.3 Å². The SMILES string of the molecule is Cc1[nH]c(=O)c(F)nc1C(N)C(=O)O. The van der Waals surface area contributed by atoms with E-state index in [0.717, 1.165) is 0 Å². The van der Waals surface area contributed by atoms with Gasteiger partial charge in [0, 0.05) is 5.69 Å². The Balaban J connectivity index is 3.29. The Morgan fingerprint density at radius 1 is 1.71 bits per heavy atom. The highest BCUT2D eigenvalue weighted by atomic mass is 19.1. The Kier molecular flexibility index (Phi) is 2.61. The van der Waals surface area contributed by atoms with Crippen LogP contribution in [0.4, 0.5) is 4.39 Å². The minimum atomic E-state index is -1.44. The molecule has 7 heteroatoms. The number of nitrogens with zero attached hydrogens (tertiary/aromatic N) is 1. The maximum absolute atomic E-state index is 12.7. The lowest BCUT2D eigenvalue weighted by Gasteiger charge is -2.07. The molecule has 1 atom stereocenters. The molecule has 14 heavy (non-hydrogen) atoms. The van der Waals surface area contributed by atoms with Crippen LogP contribution in [0.2, 0.25) is 0 Å². The van der Waals surface area contributed by atoms with Crippen LogP contribution in [0.25, 0.3) is 0 Å². The van der Waals surface area contributed by atoms with Gasteiger partial charge in [-0.25, -0.2) is 4.98 Å². The maximum atomic E-state index is 12.7. The molecule has 0 aliphatic carbocycles. The van der Waals surface area contributed by atoms with Gasteiger partial charge in [0.15, 0.2) is 0 Å². The van der Waals surface area contributed by atoms with Gasteiger partial charge < -0.3 is 15.8 Å². The summed E-state index contributed by atoms with van der Waals surface area (Å²) in [6, 6.07) is -1.44. The van der Waals surface area contributed by atoms with Crippen molar-refractivity contribution in [2.45, 2.75) is 13.0 Å². The number of carboxylic acids is 1. The Labute approximate surface area is 77.6 Å². The van der Waals surface area contributed by atoms with Gasteiger partial charge in [-0.1, -0.05) is 0 Å². The van der Waals surface area contributed by atoms with Crippen molar-refractivity contribution in [3.8, 4) is 0 Å². The number of aliphatic carboxylic acids is 1. The first kappa shape index (κ1) is 10.3. The van der Waals surface area contributed by atoms with Crippen LogP contribution in [-0.4, -0.2) is 21.0 Å². The van der Waals surface area contributed by atoms with Gasteiger partial charge in [0.05, 0.1) is 5.69 Å². The maximum Gasteiger partial charge on any atom is 0.326 e. The molecule has 0 spiro atoms. The van der Waals surface area contributed by atoms with Gasteiger partial charge >= 0.3 is 11.5 Å². The smallest absolute Gasteiger partial charge is 0.326 e. The van der Waals surface area contributed by atoms with Crippen LogP contribution in [0.1, 0.15) is 17.4 Å². The first-order valence-corrected chi connectivity index (χ1v) is 3.68. The molecule has 1 aromatic heterocycles. The third-order valence-electron chi connectivity index (χ3n) is 1.65. The summed E-state index contributed by atoms with van der Waals surface area (Å²) < 4.78 is 12.7. The first-order valence-electron chi connectivity index (χ1n) is 3.68. The van der Waals surface area contributed by atoms with Gasteiger partial charge in [-0.15, -0.1) is 0 Å². The molecule has 6 nitrogen and oxygen atoms in total. The summed E-state index contributed by atoms with van der Waals surface area (Å²) in [5.74, 6) is -2.63. The summed E-state index contributed by atoms with van der Waals surface area (Å²) in [4.78, 5) is 26.5. The van der Waals surface area contributed by atoms with Gasteiger partial charge in [0.2, 0.25) is 0 Å². The molecule has 1 heterocycles. The summed E-state index contributed by atoms with van der Waals surface area (Å²) >= 11 is 0. The Morgan fingerprint density at radius 3 is 2.79 bits per heavy atom. The van der Waals surface area contributed by atoms with E-state index in [2.05, 4.69) is 9.97 Å². The zero-order valence-corrected chi connectivity index (χ0v) is 7.24. The van der Waals surface area contributed by atoms with E-state index in [9.17, 15) is 14.0 Å². The average molecular weight is 201 g/mol. The topological polar surface area (TPSA) is 109 Å². The van der Waals surface area contributed by atoms with Crippen molar-refractivity contribution in [1.82, 2.24) is 9.97 Å². The number of carboxylic acid groups (broad SMARTS) is 1. The standard InChI is InChI=1S/C7H8FN3O3/c1-2-4(3(9)7(13)14)11-5(8)6(12)10-2/h3H,9H2,1H3,(H,10,12)(H,13,14). The van der Waals surface area contributed by atoms with Crippen molar-refractivity contribution < 1.29 is 14.3 Å². The quantitative estimate of drug-likeness (QED) is 0.586. The number of carbonyl (C=O) groups is 1. The fourth-order valence-electron chi connectivity index (χ4n) is 0.946. The second-order valence-electron chi connectivity index (χ2n) is 2.68. The minimum absolute atomic E-state index is 0.145. The van der Waals surface area contributed by atoms with Crippen molar-refractivity contribution in [2.75, 3.05) is 0 Å². The normalized spacial score (nSPS) is 12.5. The van der Waals surface area contributed by atoms with E-state index in [0.29, 0.717) is 0 Å². The Morgan fingerprint density at radius 2 is 2.29 bits per heavy atom. The monoisotopic (exact) mass is 201 g/mol. The van der Waals surface area contributed by atoms with Crippen LogP contribution >= 0.6 is 0 Å². The van der Waals surface area contributed by atoms with Crippen LogP contribution in [0.3, 0.4) is 0 Å². The van der Waals surface area contributed by atoms with E-state index in [-0.39, 0.29) is 11.4 Å². The number of nitrogens with one attached hydrogen (secondary N) is 1. The second kappa shape index (κ2) is 3.54. The number of aromatic amines is 1. The van der Waals surface area contributed by atoms with Gasteiger partial charge in [0.25, 0.3) is 5.95 Å². The lowest BCUT2D eigenvalue weighted by Crippen LogP contribution is -2.27. The molecule has 0 aliphatic heterocycles. The predicted molar refractivity (Wildman–Crippen MR) is 44.1 cm³/mol. The number of hydrogen-bond donors (Lipinski definition) is 3. The Hall–Kier alpha value is -1.76. The van der Waals surface area contributed by atoms with Crippen molar-refractivity contribution in [1.29, 1.82) is 0 Å². The van der Waals surface area contributed by atoms with E-state index in [1.165, 1.54) is 6.92 Å². The number of H-pyrrole nitrogens is 1. The second-order valence-corrected chi connectivity index (χ2v) is 2.68. The van der Waals surface area contributed by atoms with Crippen LogP contribution in [0, 0.1) is 12.9 Å². The number of hydrogen-bond acceptors (Lipinski definition) is 4. The van der Waals surface area contributed by atoms with Gasteiger partial charge in [-0.2, -0.15) is 4.39 Å². The molecular weight excluding hydrogens is 193 g/mol. The van der Waals surface area contributed by atoms with Crippen molar-refractivity contribution >= 4 is 5.97 Å². The zero-order chi connectivity index (χ0) is 10.9. The summed E-state index contributed by atoms with van der Waals surface area (Å²) in [5.41, 5.74) is 4.17. The van der Waals surface area contributed by atoms with Crippen LogP contribution in [0.5, 0.6) is 0 Å². The number of halogens is 1. The van der Waals surface area contributed by atoms with E-state index < -0.39 is 23.5 Å². The highest BCUT2D eigenvalue weighted by molar-refractivity contribution is 5.74. The van der Waals surface area contributed by atoms with E-state index in [1.54, 1.807) is 0 Å². The predicted octanol–water partition coefficient (Wildman–Crippen LogP) is -0.698. The number of aryl methyl sites for hydroxylation is 1. The molecule has 1 rings (SSSR count). The lowest BCUT2D eigenvalue weighted by atomic mass is 10.2. The fourth-order valence-corrected chi connectivity index (χ4v) is 0.946. The van der Waals surface area contributed by atoms with Crippen LogP contribution in [-0.2, 0) is 4.79 Å². The minimum Gasteiger partial charge on any atom is -0.480 e. The lowest BCUT2D eigenvalue weighted by molar-refractivity contribution is -0.138. The van der Waals surface area contributed by atoms with Crippen molar-refractivity contribution in [3.63, 3.8) is 0 Å². The molecular formula is C7H8FN3O3. The third kappa shape index (κ3) is 1.77. The third-order valence-corrected chi connectivity index (χ3v) is 1.65. The van der Waals surface area contributed by atoms with Crippen LogP contribution in [0.15, 0.2) is 4.79 Å². The number of rotatable bonds is 2. The first-order chi connectivity index (χ1) is 6.43.